The summed E-state index contributed by atoms with van der Waals surface area (Å²) in [5.74, 6) is -0.464. The zero-order valence-electron chi connectivity index (χ0n) is 7.91. The minimum Gasteiger partial charge on any atom is -0.463 e. The maximum Gasteiger partial charge on any atom is 0.330 e. The van der Waals surface area contributed by atoms with Crippen LogP contribution in [0.15, 0.2) is 12.4 Å². The van der Waals surface area contributed by atoms with Gasteiger partial charge in [0.15, 0.2) is 0 Å². The molecule has 0 unspecified atom stereocenters. The number of hydrogen-bond acceptors (Lipinski definition) is 4. The van der Waals surface area contributed by atoms with Gasteiger partial charge in [-0.3, -0.25) is 0 Å². The molecule has 0 amide bonds. The first-order chi connectivity index (χ1) is 7.15. The van der Waals surface area contributed by atoms with E-state index in [1.807, 2.05) is 0 Å². The van der Waals surface area contributed by atoms with E-state index in [0.29, 0.717) is 12.2 Å². The van der Waals surface area contributed by atoms with Crippen molar-refractivity contribution in [3.8, 4) is 0 Å². The van der Waals surface area contributed by atoms with Gasteiger partial charge in [-0.05, 0) is 13.0 Å². The number of rotatable bonds is 3. The number of ether oxygens (including phenoxy) is 1. The molecule has 0 saturated carbocycles. The minimum atomic E-state index is -0.464. The predicted octanol–water partition coefficient (Wildman–Crippen LogP) is 2.36. The monoisotopic (exact) mass is 246 g/mol. The fraction of sp³-hybridized carbons (Fsp3) is 0.222. The zero-order valence-corrected chi connectivity index (χ0v) is 9.42. The maximum absolute atomic E-state index is 11.0. The van der Waals surface area contributed by atoms with Crippen LogP contribution in [0, 0.1) is 0 Å². The van der Waals surface area contributed by atoms with Crippen molar-refractivity contribution >= 4 is 35.2 Å². The van der Waals surface area contributed by atoms with Gasteiger partial charge in [0.05, 0.1) is 6.61 Å². The summed E-state index contributed by atoms with van der Waals surface area (Å²) in [6, 6.07) is 0. The molecule has 1 aromatic rings. The van der Waals surface area contributed by atoms with E-state index in [-0.39, 0.29) is 10.3 Å². The third-order valence-corrected chi connectivity index (χ3v) is 2.06. The molecule has 0 saturated heterocycles. The molecule has 4 nitrogen and oxygen atoms in total. The summed E-state index contributed by atoms with van der Waals surface area (Å²) < 4.78 is 4.69. The summed E-state index contributed by atoms with van der Waals surface area (Å²) in [6.07, 6.45) is 3.88. The Morgan fingerprint density at radius 1 is 1.47 bits per heavy atom. The van der Waals surface area contributed by atoms with Crippen LogP contribution in [-0.4, -0.2) is 22.5 Å². The van der Waals surface area contributed by atoms with Crippen LogP contribution in [-0.2, 0) is 9.53 Å². The maximum atomic E-state index is 11.0. The van der Waals surface area contributed by atoms with Crippen LogP contribution in [0.25, 0.3) is 6.08 Å². The van der Waals surface area contributed by atoms with Crippen molar-refractivity contribution in [2.24, 2.45) is 0 Å². The van der Waals surface area contributed by atoms with Gasteiger partial charge < -0.3 is 4.74 Å². The molecule has 0 aliphatic carbocycles. The predicted molar refractivity (Wildman–Crippen MR) is 57.7 cm³/mol. The molecule has 0 radical (unpaired) electrons. The fourth-order valence-electron chi connectivity index (χ4n) is 0.834. The zero-order chi connectivity index (χ0) is 11.3. The molecule has 0 aliphatic rings. The molecule has 0 fully saturated rings. The van der Waals surface area contributed by atoms with Crippen molar-refractivity contribution in [2.45, 2.75) is 6.92 Å². The molecule has 0 bridgehead atoms. The summed E-state index contributed by atoms with van der Waals surface area (Å²) in [4.78, 5) is 18.5. The molecule has 0 atom stereocenters. The van der Waals surface area contributed by atoms with E-state index in [9.17, 15) is 4.79 Å². The van der Waals surface area contributed by atoms with Crippen molar-refractivity contribution in [3.63, 3.8) is 0 Å². The van der Waals surface area contributed by atoms with Gasteiger partial charge in [-0.25, -0.2) is 14.8 Å². The molecule has 0 spiro atoms. The Morgan fingerprint density at radius 3 is 2.60 bits per heavy atom. The Bertz CT molecular complexity index is 373. The highest BCUT2D eigenvalue weighted by Crippen LogP contribution is 2.20. The molecule has 0 aromatic carbocycles. The number of halogens is 2. The number of esters is 1. The van der Waals surface area contributed by atoms with Crippen LogP contribution in [0.1, 0.15) is 12.5 Å². The summed E-state index contributed by atoms with van der Waals surface area (Å²) in [5, 5.41) is 0.381. The van der Waals surface area contributed by atoms with E-state index < -0.39 is 5.97 Å². The molecule has 6 heteroatoms. The molecule has 1 heterocycles. The van der Waals surface area contributed by atoms with Gasteiger partial charge in [0.1, 0.15) is 16.6 Å². The highest BCUT2D eigenvalue weighted by atomic mass is 35.5. The third kappa shape index (κ3) is 3.49. The van der Waals surface area contributed by atoms with Gasteiger partial charge in [0.2, 0.25) is 0 Å². The number of aromatic nitrogens is 2. The first-order valence-electron chi connectivity index (χ1n) is 4.16. The Labute approximate surface area is 96.9 Å². The molecule has 1 aromatic heterocycles. The quantitative estimate of drug-likeness (QED) is 0.467. The Kier molecular flexibility index (Phi) is 4.52. The summed E-state index contributed by atoms with van der Waals surface area (Å²) in [6.45, 7) is 2.03. The second kappa shape index (κ2) is 5.68. The fourth-order valence-corrected chi connectivity index (χ4v) is 1.27. The lowest BCUT2D eigenvalue weighted by Crippen LogP contribution is -1.99. The first kappa shape index (κ1) is 11.9. The van der Waals surface area contributed by atoms with Crippen molar-refractivity contribution in [3.05, 3.63) is 28.3 Å². The largest absolute Gasteiger partial charge is 0.463 e. The van der Waals surface area contributed by atoms with E-state index in [2.05, 4.69) is 9.97 Å². The average Bonchev–Trinajstić information content (AvgIpc) is 2.17. The Balaban J connectivity index is 2.84. The molecule has 0 N–H and O–H groups in total. The average molecular weight is 247 g/mol. The lowest BCUT2D eigenvalue weighted by Gasteiger charge is -1.98. The van der Waals surface area contributed by atoms with Gasteiger partial charge in [0, 0.05) is 11.6 Å². The van der Waals surface area contributed by atoms with Gasteiger partial charge in [-0.1, -0.05) is 23.2 Å². The van der Waals surface area contributed by atoms with E-state index >= 15 is 0 Å². The van der Waals surface area contributed by atoms with Crippen LogP contribution in [0.4, 0.5) is 0 Å². The molecule has 15 heavy (non-hydrogen) atoms. The van der Waals surface area contributed by atoms with Gasteiger partial charge in [-0.15, -0.1) is 0 Å². The van der Waals surface area contributed by atoms with E-state index in [0.717, 1.165) is 0 Å². The Hall–Kier alpha value is -1.13. The SMILES string of the molecule is CCOC(=O)C=Cc1c(Cl)ncnc1Cl. The van der Waals surface area contributed by atoms with Crippen molar-refractivity contribution in [1.29, 1.82) is 0 Å². The summed E-state index contributed by atoms with van der Waals surface area (Å²) >= 11 is 11.5. The first-order valence-corrected chi connectivity index (χ1v) is 4.91. The molecular formula is C9H8Cl2N2O2. The highest BCUT2D eigenvalue weighted by Gasteiger charge is 2.05. The van der Waals surface area contributed by atoms with Gasteiger partial charge in [0.25, 0.3) is 0 Å². The van der Waals surface area contributed by atoms with Crippen LogP contribution < -0.4 is 0 Å². The van der Waals surface area contributed by atoms with Crippen LogP contribution in [0.5, 0.6) is 0 Å². The smallest absolute Gasteiger partial charge is 0.330 e. The Morgan fingerprint density at radius 2 is 2.07 bits per heavy atom. The van der Waals surface area contributed by atoms with E-state index in [1.54, 1.807) is 6.92 Å². The van der Waals surface area contributed by atoms with Crippen LogP contribution in [0.2, 0.25) is 10.3 Å². The van der Waals surface area contributed by atoms with Crippen molar-refractivity contribution in [2.75, 3.05) is 6.61 Å². The molecule has 1 rings (SSSR count). The third-order valence-electron chi connectivity index (χ3n) is 1.46. The molecule has 0 aliphatic heterocycles. The van der Waals surface area contributed by atoms with Crippen molar-refractivity contribution in [1.82, 2.24) is 9.97 Å². The second-order valence-corrected chi connectivity index (χ2v) is 3.17. The van der Waals surface area contributed by atoms with Crippen LogP contribution >= 0.6 is 23.2 Å². The minimum absolute atomic E-state index is 0.190. The topological polar surface area (TPSA) is 52.1 Å². The lowest BCUT2D eigenvalue weighted by molar-refractivity contribution is -0.137. The highest BCUT2D eigenvalue weighted by molar-refractivity contribution is 6.35. The molecular weight excluding hydrogens is 239 g/mol. The standard InChI is InChI=1S/C9H8Cl2N2O2/c1-2-15-7(14)4-3-6-8(10)12-5-13-9(6)11/h3-5H,2H2,1H3. The summed E-state index contributed by atoms with van der Waals surface area (Å²) in [7, 11) is 0. The van der Waals surface area contributed by atoms with Crippen molar-refractivity contribution < 1.29 is 9.53 Å². The lowest BCUT2D eigenvalue weighted by atomic mass is 10.3. The van der Waals surface area contributed by atoms with Gasteiger partial charge in [-0.2, -0.15) is 0 Å². The normalized spacial score (nSPS) is 10.6. The van der Waals surface area contributed by atoms with E-state index in [4.69, 9.17) is 27.9 Å². The number of hydrogen-bond donors (Lipinski definition) is 0. The summed E-state index contributed by atoms with van der Waals surface area (Å²) in [5.41, 5.74) is 0.397. The number of carbonyl (C=O) groups excluding carboxylic acids is 1. The second-order valence-electron chi connectivity index (χ2n) is 2.45. The van der Waals surface area contributed by atoms with Gasteiger partial charge >= 0.3 is 5.97 Å². The number of nitrogens with zero attached hydrogens (tertiary/aromatic N) is 2. The molecule has 80 valence electrons. The van der Waals surface area contributed by atoms with E-state index in [1.165, 1.54) is 18.5 Å². The van der Waals surface area contributed by atoms with Crippen LogP contribution in [0.3, 0.4) is 0 Å². The number of carbonyl (C=O) groups is 1.